The zero-order chi connectivity index (χ0) is 6.27. The first-order chi connectivity index (χ1) is 4.38. The van der Waals surface area contributed by atoms with Crippen LogP contribution in [0.4, 0.5) is 0 Å². The van der Waals surface area contributed by atoms with Crippen molar-refractivity contribution in [2.45, 2.75) is 13.0 Å². The van der Waals surface area contributed by atoms with Crippen LogP contribution in [0.1, 0.15) is 18.7 Å². The summed E-state index contributed by atoms with van der Waals surface area (Å²) in [6.07, 6.45) is 6.47. The fraction of sp³-hybridized carbons (Fsp3) is 0.250. The van der Waals surface area contributed by atoms with Crippen LogP contribution < -0.4 is 0 Å². The molecule has 1 heteroatoms. The fourth-order valence-corrected chi connectivity index (χ4v) is 1.25. The van der Waals surface area contributed by atoms with Crippen LogP contribution in [-0.2, 0) is 0 Å². The van der Waals surface area contributed by atoms with Crippen molar-refractivity contribution in [3.63, 3.8) is 0 Å². The maximum atomic E-state index is 2.25. The Kier molecular flexibility index (Phi) is 0.810. The molecule has 0 fully saturated rings. The maximum Gasteiger partial charge on any atom is 0.0491 e. The zero-order valence-electron chi connectivity index (χ0n) is 5.41. The van der Waals surface area contributed by atoms with Gasteiger partial charge in [0.2, 0.25) is 0 Å². The SMILES string of the molecule is CC1C=Cc2cccn21. The number of fused-ring (bicyclic) bond motifs is 1. The van der Waals surface area contributed by atoms with Gasteiger partial charge in [-0.15, -0.1) is 0 Å². The molecule has 1 aliphatic heterocycles. The highest BCUT2D eigenvalue weighted by atomic mass is 15.0. The van der Waals surface area contributed by atoms with Crippen molar-refractivity contribution in [3.05, 3.63) is 30.1 Å². The van der Waals surface area contributed by atoms with E-state index in [9.17, 15) is 0 Å². The van der Waals surface area contributed by atoms with Gasteiger partial charge < -0.3 is 4.57 Å². The molecule has 0 saturated heterocycles. The molecule has 0 aromatic carbocycles. The fourth-order valence-electron chi connectivity index (χ4n) is 1.25. The molecule has 0 aliphatic carbocycles. The molecule has 0 amide bonds. The highest BCUT2D eigenvalue weighted by Gasteiger charge is 2.08. The molecule has 46 valence electrons. The van der Waals surface area contributed by atoms with Crippen LogP contribution in [0.2, 0.25) is 0 Å². The van der Waals surface area contributed by atoms with Gasteiger partial charge in [-0.25, -0.2) is 0 Å². The van der Waals surface area contributed by atoms with Crippen molar-refractivity contribution >= 4 is 6.08 Å². The Bertz CT molecular complexity index is 245. The van der Waals surface area contributed by atoms with E-state index in [2.05, 4.69) is 42.0 Å². The number of aromatic nitrogens is 1. The summed E-state index contributed by atoms with van der Waals surface area (Å²) in [6, 6.07) is 4.77. The lowest BCUT2D eigenvalue weighted by atomic mass is 10.3. The minimum absolute atomic E-state index is 0.565. The van der Waals surface area contributed by atoms with Gasteiger partial charge >= 0.3 is 0 Å². The number of hydrogen-bond donors (Lipinski definition) is 0. The van der Waals surface area contributed by atoms with Crippen LogP contribution in [0.25, 0.3) is 6.08 Å². The van der Waals surface area contributed by atoms with E-state index in [4.69, 9.17) is 0 Å². The molecule has 0 saturated carbocycles. The normalized spacial score (nSPS) is 22.6. The number of rotatable bonds is 0. The van der Waals surface area contributed by atoms with Gasteiger partial charge in [-0.2, -0.15) is 0 Å². The van der Waals surface area contributed by atoms with Gasteiger partial charge in [0.15, 0.2) is 0 Å². The van der Waals surface area contributed by atoms with Crippen LogP contribution in [0, 0.1) is 0 Å². The molecule has 0 N–H and O–H groups in total. The molecule has 0 spiro atoms. The lowest BCUT2D eigenvalue weighted by Gasteiger charge is -2.03. The second-order valence-electron chi connectivity index (χ2n) is 2.44. The molecule has 1 aromatic heterocycles. The van der Waals surface area contributed by atoms with Gasteiger partial charge in [-0.3, -0.25) is 0 Å². The van der Waals surface area contributed by atoms with Crippen LogP contribution in [0.3, 0.4) is 0 Å². The Balaban J connectivity index is 2.60. The maximum absolute atomic E-state index is 2.25. The highest BCUT2D eigenvalue weighted by Crippen LogP contribution is 2.21. The van der Waals surface area contributed by atoms with E-state index < -0.39 is 0 Å². The molecule has 0 bridgehead atoms. The minimum atomic E-state index is 0.565. The largest absolute Gasteiger partial charge is 0.341 e. The average Bonchev–Trinajstić information content (AvgIpc) is 2.35. The monoisotopic (exact) mass is 119 g/mol. The smallest absolute Gasteiger partial charge is 0.0491 e. The highest BCUT2D eigenvalue weighted by molar-refractivity contribution is 5.50. The summed E-state index contributed by atoms with van der Waals surface area (Å²) in [7, 11) is 0. The summed E-state index contributed by atoms with van der Waals surface area (Å²) in [5.41, 5.74) is 1.32. The zero-order valence-corrected chi connectivity index (χ0v) is 5.41. The summed E-state index contributed by atoms with van der Waals surface area (Å²) in [4.78, 5) is 0. The van der Waals surface area contributed by atoms with E-state index in [-0.39, 0.29) is 0 Å². The molecule has 1 nitrogen and oxygen atoms in total. The Labute approximate surface area is 54.6 Å². The summed E-state index contributed by atoms with van der Waals surface area (Å²) in [5.74, 6) is 0. The van der Waals surface area contributed by atoms with Crippen molar-refractivity contribution in [2.75, 3.05) is 0 Å². The second kappa shape index (κ2) is 1.50. The predicted molar refractivity (Wildman–Crippen MR) is 38.2 cm³/mol. The third kappa shape index (κ3) is 0.545. The Hall–Kier alpha value is -0.980. The lowest BCUT2D eigenvalue weighted by Crippen LogP contribution is -1.95. The Morgan fingerprint density at radius 1 is 1.56 bits per heavy atom. The molecule has 2 rings (SSSR count). The van der Waals surface area contributed by atoms with E-state index in [1.165, 1.54) is 5.69 Å². The van der Waals surface area contributed by atoms with Crippen LogP contribution in [0.5, 0.6) is 0 Å². The summed E-state index contributed by atoms with van der Waals surface area (Å²) in [5, 5.41) is 0. The van der Waals surface area contributed by atoms with Gasteiger partial charge in [-0.1, -0.05) is 6.08 Å². The van der Waals surface area contributed by atoms with E-state index in [1.807, 2.05) is 0 Å². The van der Waals surface area contributed by atoms with E-state index in [1.54, 1.807) is 0 Å². The van der Waals surface area contributed by atoms with E-state index in [0.29, 0.717) is 6.04 Å². The molecule has 1 aliphatic rings. The minimum Gasteiger partial charge on any atom is -0.341 e. The van der Waals surface area contributed by atoms with Crippen molar-refractivity contribution in [1.29, 1.82) is 0 Å². The summed E-state index contributed by atoms with van der Waals surface area (Å²) >= 11 is 0. The number of allylic oxidation sites excluding steroid dienone is 1. The molecule has 1 unspecified atom stereocenters. The average molecular weight is 119 g/mol. The van der Waals surface area contributed by atoms with Gasteiger partial charge in [0.25, 0.3) is 0 Å². The standard InChI is InChI=1S/C8H9N/c1-7-4-5-8-3-2-6-9(7)8/h2-7H,1H3. The molecule has 0 radical (unpaired) electrons. The van der Waals surface area contributed by atoms with Gasteiger partial charge in [0.1, 0.15) is 0 Å². The van der Waals surface area contributed by atoms with E-state index in [0.717, 1.165) is 0 Å². The summed E-state index contributed by atoms with van der Waals surface area (Å²) < 4.78 is 2.25. The van der Waals surface area contributed by atoms with Gasteiger partial charge in [0.05, 0.1) is 0 Å². The third-order valence-corrected chi connectivity index (χ3v) is 1.80. The first-order valence-corrected chi connectivity index (χ1v) is 3.23. The molecular weight excluding hydrogens is 110 g/mol. The predicted octanol–water partition coefficient (Wildman–Crippen LogP) is 2.08. The van der Waals surface area contributed by atoms with Crippen molar-refractivity contribution in [2.24, 2.45) is 0 Å². The second-order valence-corrected chi connectivity index (χ2v) is 2.44. The van der Waals surface area contributed by atoms with Gasteiger partial charge in [0, 0.05) is 17.9 Å². The molecule has 1 aromatic rings. The Morgan fingerprint density at radius 3 is 3.22 bits per heavy atom. The van der Waals surface area contributed by atoms with Crippen LogP contribution in [0.15, 0.2) is 24.4 Å². The van der Waals surface area contributed by atoms with Crippen molar-refractivity contribution in [1.82, 2.24) is 4.57 Å². The molecule has 1 atom stereocenters. The quantitative estimate of drug-likeness (QED) is 0.492. The van der Waals surface area contributed by atoms with Gasteiger partial charge in [-0.05, 0) is 25.1 Å². The number of hydrogen-bond acceptors (Lipinski definition) is 0. The van der Waals surface area contributed by atoms with Crippen molar-refractivity contribution < 1.29 is 0 Å². The van der Waals surface area contributed by atoms with Crippen LogP contribution >= 0.6 is 0 Å². The lowest BCUT2D eigenvalue weighted by molar-refractivity contribution is 0.681. The topological polar surface area (TPSA) is 4.93 Å². The Morgan fingerprint density at radius 2 is 2.44 bits per heavy atom. The van der Waals surface area contributed by atoms with E-state index >= 15 is 0 Å². The number of nitrogens with zero attached hydrogens (tertiary/aromatic N) is 1. The molecule has 9 heavy (non-hydrogen) atoms. The third-order valence-electron chi connectivity index (χ3n) is 1.80. The first kappa shape index (κ1) is 4.86. The molecular formula is C8H9N. The first-order valence-electron chi connectivity index (χ1n) is 3.23. The molecule has 2 heterocycles. The van der Waals surface area contributed by atoms with Crippen molar-refractivity contribution in [3.8, 4) is 0 Å². The summed E-state index contributed by atoms with van der Waals surface area (Å²) in [6.45, 7) is 2.19. The van der Waals surface area contributed by atoms with Crippen LogP contribution in [-0.4, -0.2) is 4.57 Å².